The first-order chi connectivity index (χ1) is 8.10. The maximum Gasteiger partial charge on any atom is 0.0919 e. The zero-order valence-electron chi connectivity index (χ0n) is 11.5. The maximum atomic E-state index is 10.3. The number of likely N-dealkylation sites (N-methyl/N-ethyl adjacent to an activating group) is 1. The summed E-state index contributed by atoms with van der Waals surface area (Å²) in [5, 5.41) is 10.3. The second-order valence-electron chi connectivity index (χ2n) is 4.72. The molecule has 2 atom stereocenters. The van der Waals surface area contributed by atoms with E-state index in [-0.39, 0.29) is 6.10 Å². The van der Waals surface area contributed by atoms with Gasteiger partial charge < -0.3 is 5.11 Å². The summed E-state index contributed by atoms with van der Waals surface area (Å²) in [5.74, 6) is 0. The molecule has 0 aliphatic carbocycles. The molecule has 0 bridgehead atoms. The van der Waals surface area contributed by atoms with E-state index in [1.807, 2.05) is 18.2 Å². The summed E-state index contributed by atoms with van der Waals surface area (Å²) < 4.78 is 0. The molecule has 1 N–H and O–H groups in total. The fraction of sp³-hybridized carbons (Fsp3) is 0.600. The van der Waals surface area contributed by atoms with Crippen molar-refractivity contribution in [1.29, 1.82) is 0 Å². The molecule has 1 aromatic carbocycles. The van der Waals surface area contributed by atoms with Crippen LogP contribution in [0.5, 0.6) is 0 Å². The van der Waals surface area contributed by atoms with E-state index in [4.69, 9.17) is 0 Å². The predicted molar refractivity (Wildman–Crippen MR) is 73.1 cm³/mol. The summed E-state index contributed by atoms with van der Waals surface area (Å²) in [4.78, 5) is 2.33. The highest BCUT2D eigenvalue weighted by atomic mass is 16.3. The van der Waals surface area contributed by atoms with Crippen molar-refractivity contribution in [2.75, 3.05) is 13.1 Å². The summed E-state index contributed by atoms with van der Waals surface area (Å²) in [6.45, 7) is 10.3. The summed E-state index contributed by atoms with van der Waals surface area (Å²) in [5.41, 5.74) is 2.22. The normalized spacial score (nSPS) is 14.9. The second-order valence-corrected chi connectivity index (χ2v) is 4.72. The Morgan fingerprint density at radius 1 is 1.24 bits per heavy atom. The van der Waals surface area contributed by atoms with E-state index in [0.29, 0.717) is 6.04 Å². The van der Waals surface area contributed by atoms with Crippen molar-refractivity contribution in [2.45, 2.75) is 46.3 Å². The lowest BCUT2D eigenvalue weighted by Crippen LogP contribution is -2.36. The zero-order valence-corrected chi connectivity index (χ0v) is 11.5. The Labute approximate surface area is 105 Å². The predicted octanol–water partition coefficient (Wildman–Crippen LogP) is 3.15. The van der Waals surface area contributed by atoms with Gasteiger partial charge in [0.25, 0.3) is 0 Å². The lowest BCUT2D eigenvalue weighted by atomic mass is 10.0. The highest BCUT2D eigenvalue weighted by Crippen LogP contribution is 2.19. The summed E-state index contributed by atoms with van der Waals surface area (Å²) >= 11 is 0. The van der Waals surface area contributed by atoms with E-state index in [1.54, 1.807) is 0 Å². The molecule has 0 aromatic heterocycles. The first-order valence-electron chi connectivity index (χ1n) is 6.57. The molecule has 0 saturated carbocycles. The Morgan fingerprint density at radius 3 is 2.41 bits per heavy atom. The number of aliphatic hydroxyl groups is 1. The van der Waals surface area contributed by atoms with Crippen LogP contribution in [0.25, 0.3) is 0 Å². The van der Waals surface area contributed by atoms with Gasteiger partial charge in [0.05, 0.1) is 6.10 Å². The van der Waals surface area contributed by atoms with Crippen molar-refractivity contribution in [3.05, 3.63) is 35.4 Å². The minimum atomic E-state index is -0.384. The highest BCUT2D eigenvalue weighted by molar-refractivity contribution is 5.27. The average Bonchev–Trinajstić information content (AvgIpc) is 2.35. The van der Waals surface area contributed by atoms with Gasteiger partial charge in [0, 0.05) is 12.6 Å². The van der Waals surface area contributed by atoms with Crippen LogP contribution in [0.1, 0.15) is 44.4 Å². The van der Waals surface area contributed by atoms with Gasteiger partial charge in [-0.05, 0) is 37.9 Å². The molecule has 2 unspecified atom stereocenters. The SMILES string of the molecule is CCC(C)N(CC)CC(O)c1ccccc1C. The van der Waals surface area contributed by atoms with Crippen LogP contribution in [0.4, 0.5) is 0 Å². The molecule has 96 valence electrons. The number of benzene rings is 1. The fourth-order valence-electron chi connectivity index (χ4n) is 2.16. The molecule has 0 saturated heterocycles. The molecule has 0 aliphatic rings. The highest BCUT2D eigenvalue weighted by Gasteiger charge is 2.17. The molecule has 1 aromatic rings. The van der Waals surface area contributed by atoms with E-state index in [9.17, 15) is 5.11 Å². The minimum absolute atomic E-state index is 0.384. The van der Waals surface area contributed by atoms with E-state index in [1.165, 1.54) is 5.56 Å². The van der Waals surface area contributed by atoms with Crippen LogP contribution in [0, 0.1) is 6.92 Å². The number of hydrogen-bond donors (Lipinski definition) is 1. The quantitative estimate of drug-likeness (QED) is 0.818. The Morgan fingerprint density at radius 2 is 1.88 bits per heavy atom. The maximum absolute atomic E-state index is 10.3. The summed E-state index contributed by atoms with van der Waals surface area (Å²) in [6, 6.07) is 8.60. The minimum Gasteiger partial charge on any atom is -0.387 e. The third-order valence-corrected chi connectivity index (χ3v) is 3.58. The Kier molecular flexibility index (Phi) is 5.66. The number of nitrogens with zero attached hydrogens (tertiary/aromatic N) is 1. The van der Waals surface area contributed by atoms with Crippen LogP contribution < -0.4 is 0 Å². The van der Waals surface area contributed by atoms with Crippen molar-refractivity contribution < 1.29 is 5.11 Å². The van der Waals surface area contributed by atoms with Gasteiger partial charge in [-0.1, -0.05) is 38.1 Å². The molecule has 0 heterocycles. The molecule has 2 heteroatoms. The smallest absolute Gasteiger partial charge is 0.0919 e. The first kappa shape index (κ1) is 14.2. The molecule has 0 aliphatic heterocycles. The van der Waals surface area contributed by atoms with E-state index >= 15 is 0 Å². The van der Waals surface area contributed by atoms with Crippen LogP contribution in [-0.4, -0.2) is 29.1 Å². The lowest BCUT2D eigenvalue weighted by Gasteiger charge is -2.29. The van der Waals surface area contributed by atoms with Crippen LogP contribution in [-0.2, 0) is 0 Å². The van der Waals surface area contributed by atoms with Crippen molar-refractivity contribution in [3.63, 3.8) is 0 Å². The molecule has 0 amide bonds. The summed E-state index contributed by atoms with van der Waals surface area (Å²) in [7, 11) is 0. The van der Waals surface area contributed by atoms with Crippen molar-refractivity contribution >= 4 is 0 Å². The van der Waals surface area contributed by atoms with Gasteiger partial charge in [-0.25, -0.2) is 0 Å². The summed E-state index contributed by atoms with van der Waals surface area (Å²) in [6.07, 6.45) is 0.735. The Balaban J connectivity index is 2.71. The van der Waals surface area contributed by atoms with E-state index in [2.05, 4.69) is 38.7 Å². The van der Waals surface area contributed by atoms with Crippen molar-refractivity contribution in [3.8, 4) is 0 Å². The third-order valence-electron chi connectivity index (χ3n) is 3.58. The standard InChI is InChI=1S/C15H25NO/c1-5-13(4)16(6-2)11-15(17)14-10-8-7-9-12(14)3/h7-10,13,15,17H,5-6,11H2,1-4H3. The van der Waals surface area contributed by atoms with Crippen molar-refractivity contribution in [1.82, 2.24) is 4.90 Å². The second kappa shape index (κ2) is 6.77. The molecule has 0 fully saturated rings. The largest absolute Gasteiger partial charge is 0.387 e. The first-order valence-corrected chi connectivity index (χ1v) is 6.57. The molecular formula is C15H25NO. The number of aryl methyl sites for hydroxylation is 1. The Bertz CT molecular complexity index is 337. The molecule has 0 radical (unpaired) electrons. The molecule has 1 rings (SSSR count). The topological polar surface area (TPSA) is 23.5 Å². The Hall–Kier alpha value is -0.860. The van der Waals surface area contributed by atoms with Crippen molar-refractivity contribution in [2.24, 2.45) is 0 Å². The van der Waals surface area contributed by atoms with Gasteiger partial charge in [0.1, 0.15) is 0 Å². The van der Waals surface area contributed by atoms with Gasteiger partial charge in [-0.3, -0.25) is 4.90 Å². The van der Waals surface area contributed by atoms with Gasteiger partial charge in [0.2, 0.25) is 0 Å². The number of rotatable bonds is 6. The van der Waals surface area contributed by atoms with Gasteiger partial charge in [-0.15, -0.1) is 0 Å². The van der Waals surface area contributed by atoms with Crippen LogP contribution in [0.3, 0.4) is 0 Å². The van der Waals surface area contributed by atoms with Crippen LogP contribution >= 0.6 is 0 Å². The fourth-order valence-corrected chi connectivity index (χ4v) is 2.16. The van der Waals surface area contributed by atoms with E-state index < -0.39 is 0 Å². The lowest BCUT2D eigenvalue weighted by molar-refractivity contribution is 0.0931. The van der Waals surface area contributed by atoms with Gasteiger partial charge in [0.15, 0.2) is 0 Å². The molecule has 2 nitrogen and oxygen atoms in total. The third kappa shape index (κ3) is 3.83. The van der Waals surface area contributed by atoms with Crippen LogP contribution in [0.15, 0.2) is 24.3 Å². The van der Waals surface area contributed by atoms with Crippen LogP contribution in [0.2, 0.25) is 0 Å². The molecule has 0 spiro atoms. The van der Waals surface area contributed by atoms with E-state index in [0.717, 1.165) is 25.1 Å². The molecular weight excluding hydrogens is 210 g/mol. The number of hydrogen-bond acceptors (Lipinski definition) is 2. The monoisotopic (exact) mass is 235 g/mol. The zero-order chi connectivity index (χ0) is 12.8. The molecule has 17 heavy (non-hydrogen) atoms. The number of aliphatic hydroxyl groups excluding tert-OH is 1. The average molecular weight is 235 g/mol. The van der Waals surface area contributed by atoms with Gasteiger partial charge in [-0.2, -0.15) is 0 Å². The van der Waals surface area contributed by atoms with Gasteiger partial charge >= 0.3 is 0 Å².